The van der Waals surface area contributed by atoms with Gasteiger partial charge in [0.1, 0.15) is 5.75 Å². The van der Waals surface area contributed by atoms with E-state index in [4.69, 9.17) is 10.5 Å². The van der Waals surface area contributed by atoms with Crippen molar-refractivity contribution in [3.8, 4) is 5.75 Å². The number of nitrogens with two attached hydrogens (primary N) is 1. The van der Waals surface area contributed by atoms with Crippen LogP contribution in [-0.2, 0) is 11.0 Å². The van der Waals surface area contributed by atoms with Gasteiger partial charge in [0, 0.05) is 6.42 Å². The number of carbonyl (C=O) groups is 1. The summed E-state index contributed by atoms with van der Waals surface area (Å²) in [5.41, 5.74) is 4.23. The van der Waals surface area contributed by atoms with Crippen molar-refractivity contribution in [3.63, 3.8) is 0 Å². The smallest absolute Gasteiger partial charge is 0.418 e. The van der Waals surface area contributed by atoms with Crippen LogP contribution in [0.5, 0.6) is 5.75 Å². The number of alkyl halides is 3. The fraction of sp³-hybridized carbons (Fsp3) is 0.500. The Morgan fingerprint density at radius 3 is 2.62 bits per heavy atom. The average molecular weight is 304 g/mol. The molecule has 3 N–H and O–H groups in total. The Bertz CT molecular complexity index is 490. The van der Waals surface area contributed by atoms with Crippen LogP contribution < -0.4 is 15.8 Å². The number of anilines is 1. The first-order valence-electron chi connectivity index (χ1n) is 6.53. The molecule has 4 nitrogen and oxygen atoms in total. The predicted molar refractivity (Wildman–Crippen MR) is 74.1 cm³/mol. The molecule has 0 saturated heterocycles. The number of hydrogen-bond acceptors (Lipinski definition) is 3. The lowest BCUT2D eigenvalue weighted by atomic mass is 10.1. The number of rotatable bonds is 6. The van der Waals surface area contributed by atoms with E-state index in [1.165, 1.54) is 19.2 Å². The largest absolute Gasteiger partial charge is 0.497 e. The van der Waals surface area contributed by atoms with Crippen LogP contribution in [0.1, 0.15) is 25.3 Å². The molecule has 0 aliphatic rings. The SMILES string of the molecule is COc1ccc(NC(=O)CCC(C)CN)c(C(F)(F)F)c1. The van der Waals surface area contributed by atoms with Gasteiger partial charge < -0.3 is 15.8 Å². The molecular formula is C14H19F3N2O2. The van der Waals surface area contributed by atoms with Gasteiger partial charge in [-0.3, -0.25) is 4.79 Å². The molecule has 0 aliphatic carbocycles. The minimum Gasteiger partial charge on any atom is -0.497 e. The summed E-state index contributed by atoms with van der Waals surface area (Å²) in [5, 5.41) is 2.29. The zero-order valence-electron chi connectivity index (χ0n) is 12.0. The lowest BCUT2D eigenvalue weighted by Gasteiger charge is -2.15. The Kier molecular flexibility index (Phi) is 6.02. The molecule has 0 bridgehead atoms. The van der Waals surface area contributed by atoms with E-state index in [2.05, 4.69) is 5.32 Å². The summed E-state index contributed by atoms with van der Waals surface area (Å²) in [7, 11) is 1.28. The first kappa shape index (κ1) is 17.3. The second-order valence-corrected chi connectivity index (χ2v) is 4.84. The van der Waals surface area contributed by atoms with Crippen molar-refractivity contribution in [3.05, 3.63) is 23.8 Å². The van der Waals surface area contributed by atoms with E-state index in [9.17, 15) is 18.0 Å². The first-order chi connectivity index (χ1) is 9.77. The minimum absolute atomic E-state index is 0.0806. The molecule has 1 atom stereocenters. The Morgan fingerprint density at radius 2 is 2.10 bits per heavy atom. The third-order valence-corrected chi connectivity index (χ3v) is 3.07. The van der Waals surface area contributed by atoms with Gasteiger partial charge in [-0.2, -0.15) is 13.2 Å². The molecule has 0 aromatic heterocycles. The van der Waals surface area contributed by atoms with E-state index in [0.717, 1.165) is 6.07 Å². The molecule has 0 fully saturated rings. The molecule has 7 heteroatoms. The van der Waals surface area contributed by atoms with Crippen molar-refractivity contribution in [2.24, 2.45) is 11.7 Å². The summed E-state index contributed by atoms with van der Waals surface area (Å²) in [6.45, 7) is 2.31. The van der Waals surface area contributed by atoms with Crippen LogP contribution in [0.2, 0.25) is 0 Å². The number of halogens is 3. The topological polar surface area (TPSA) is 64.3 Å². The van der Waals surface area contributed by atoms with Gasteiger partial charge in [0.25, 0.3) is 0 Å². The van der Waals surface area contributed by atoms with Gasteiger partial charge in [-0.1, -0.05) is 6.92 Å². The van der Waals surface area contributed by atoms with Crippen molar-refractivity contribution in [2.45, 2.75) is 25.9 Å². The van der Waals surface area contributed by atoms with Crippen LogP contribution in [0.15, 0.2) is 18.2 Å². The van der Waals surface area contributed by atoms with Gasteiger partial charge in [-0.05, 0) is 37.1 Å². The number of amides is 1. The number of ether oxygens (including phenoxy) is 1. The molecule has 0 aliphatic heterocycles. The second-order valence-electron chi connectivity index (χ2n) is 4.84. The maximum absolute atomic E-state index is 13.0. The number of nitrogens with one attached hydrogen (secondary N) is 1. The molecule has 0 saturated carbocycles. The molecule has 0 radical (unpaired) electrons. The standard InChI is InChI=1S/C14H19F3N2O2/c1-9(8-18)3-6-13(20)19-12-5-4-10(21-2)7-11(12)14(15,16)17/h4-5,7,9H,3,6,8,18H2,1-2H3,(H,19,20). The van der Waals surface area contributed by atoms with Crippen molar-refractivity contribution in [2.75, 3.05) is 19.0 Å². The van der Waals surface area contributed by atoms with Crippen LogP contribution in [0.25, 0.3) is 0 Å². The molecule has 1 aromatic carbocycles. The van der Waals surface area contributed by atoms with Gasteiger partial charge in [0.2, 0.25) is 5.91 Å². The van der Waals surface area contributed by atoms with Gasteiger partial charge >= 0.3 is 6.18 Å². The number of hydrogen-bond donors (Lipinski definition) is 2. The summed E-state index contributed by atoms with van der Waals surface area (Å²) in [6.07, 6.45) is -3.91. The predicted octanol–water partition coefficient (Wildman–Crippen LogP) is 3.03. The Hall–Kier alpha value is -1.76. The van der Waals surface area contributed by atoms with Crippen molar-refractivity contribution < 1.29 is 22.7 Å². The normalized spacial score (nSPS) is 12.9. The van der Waals surface area contributed by atoms with Gasteiger partial charge in [-0.15, -0.1) is 0 Å². The van der Waals surface area contributed by atoms with Crippen LogP contribution in [0.3, 0.4) is 0 Å². The summed E-state index contributed by atoms with van der Waals surface area (Å²) in [6, 6.07) is 3.41. The molecule has 1 unspecified atom stereocenters. The zero-order chi connectivity index (χ0) is 16.0. The summed E-state index contributed by atoms with van der Waals surface area (Å²) < 4.78 is 43.7. The lowest BCUT2D eigenvalue weighted by Crippen LogP contribution is -2.18. The van der Waals surface area contributed by atoms with Crippen molar-refractivity contribution in [1.82, 2.24) is 0 Å². The third kappa shape index (κ3) is 5.26. The molecule has 0 spiro atoms. The van der Waals surface area contributed by atoms with E-state index in [-0.39, 0.29) is 23.8 Å². The summed E-state index contributed by atoms with van der Waals surface area (Å²) in [5.74, 6) is -0.239. The quantitative estimate of drug-likeness (QED) is 0.849. The molecular weight excluding hydrogens is 285 g/mol. The first-order valence-corrected chi connectivity index (χ1v) is 6.53. The van der Waals surface area contributed by atoms with Crippen LogP contribution in [0, 0.1) is 5.92 Å². The maximum atomic E-state index is 13.0. The van der Waals surface area contributed by atoms with E-state index < -0.39 is 17.6 Å². The fourth-order valence-electron chi connectivity index (χ4n) is 1.70. The maximum Gasteiger partial charge on any atom is 0.418 e. The molecule has 21 heavy (non-hydrogen) atoms. The molecule has 1 amide bonds. The second kappa shape index (κ2) is 7.31. The van der Waals surface area contributed by atoms with E-state index in [1.807, 2.05) is 6.92 Å². The van der Waals surface area contributed by atoms with E-state index in [0.29, 0.717) is 13.0 Å². The van der Waals surface area contributed by atoms with E-state index in [1.54, 1.807) is 0 Å². The number of methoxy groups -OCH3 is 1. The molecule has 1 aromatic rings. The van der Waals surface area contributed by atoms with Crippen LogP contribution >= 0.6 is 0 Å². The number of benzene rings is 1. The highest BCUT2D eigenvalue weighted by Crippen LogP contribution is 2.37. The highest BCUT2D eigenvalue weighted by molar-refractivity contribution is 5.91. The Balaban J connectivity index is 2.85. The minimum atomic E-state index is -4.57. The highest BCUT2D eigenvalue weighted by atomic mass is 19.4. The average Bonchev–Trinajstić information content (AvgIpc) is 2.44. The van der Waals surface area contributed by atoms with Gasteiger partial charge in [-0.25, -0.2) is 0 Å². The van der Waals surface area contributed by atoms with Crippen molar-refractivity contribution in [1.29, 1.82) is 0 Å². The zero-order valence-corrected chi connectivity index (χ0v) is 12.0. The fourth-order valence-corrected chi connectivity index (χ4v) is 1.70. The molecule has 118 valence electrons. The lowest BCUT2D eigenvalue weighted by molar-refractivity contribution is -0.137. The van der Waals surface area contributed by atoms with E-state index >= 15 is 0 Å². The van der Waals surface area contributed by atoms with Crippen LogP contribution in [-0.4, -0.2) is 19.6 Å². The number of carbonyl (C=O) groups excluding carboxylic acids is 1. The van der Waals surface area contributed by atoms with Crippen LogP contribution in [0.4, 0.5) is 18.9 Å². The third-order valence-electron chi connectivity index (χ3n) is 3.07. The van der Waals surface area contributed by atoms with Gasteiger partial charge in [0.15, 0.2) is 0 Å². The van der Waals surface area contributed by atoms with Crippen molar-refractivity contribution >= 4 is 11.6 Å². The molecule has 0 heterocycles. The Morgan fingerprint density at radius 1 is 1.43 bits per heavy atom. The van der Waals surface area contributed by atoms with Gasteiger partial charge in [0.05, 0.1) is 18.4 Å². The molecule has 1 rings (SSSR count). The summed E-state index contributed by atoms with van der Waals surface area (Å²) in [4.78, 5) is 11.7. The summed E-state index contributed by atoms with van der Waals surface area (Å²) >= 11 is 0. The monoisotopic (exact) mass is 304 g/mol. The highest BCUT2D eigenvalue weighted by Gasteiger charge is 2.34. The Labute approximate surface area is 121 Å².